The van der Waals surface area contributed by atoms with Crippen molar-refractivity contribution in [3.63, 3.8) is 0 Å². The lowest BCUT2D eigenvalue weighted by molar-refractivity contribution is -0.137. The predicted molar refractivity (Wildman–Crippen MR) is 126 cm³/mol. The zero-order valence-corrected chi connectivity index (χ0v) is 18.6. The number of ether oxygens (including phenoxy) is 2. The molecule has 0 bridgehead atoms. The Kier molecular flexibility index (Phi) is 9.57. The molecule has 6 heteroatoms. The third-order valence-electron chi connectivity index (χ3n) is 4.92. The quantitative estimate of drug-likeness (QED) is 0.300. The van der Waals surface area contributed by atoms with E-state index in [1.807, 2.05) is 54.6 Å². The van der Waals surface area contributed by atoms with E-state index in [0.717, 1.165) is 35.6 Å². The lowest BCUT2D eigenvalue weighted by Gasteiger charge is -2.19. The van der Waals surface area contributed by atoms with Crippen molar-refractivity contribution in [1.29, 1.82) is 0 Å². The highest BCUT2D eigenvalue weighted by Crippen LogP contribution is 2.24. The maximum Gasteiger partial charge on any atom is 0.303 e. The van der Waals surface area contributed by atoms with Crippen LogP contribution < -0.4 is 10.1 Å². The van der Waals surface area contributed by atoms with Gasteiger partial charge in [-0.2, -0.15) is 0 Å². The number of nitrogens with one attached hydrogen (secondary N) is 1. The van der Waals surface area contributed by atoms with Gasteiger partial charge in [-0.25, -0.2) is 0 Å². The van der Waals surface area contributed by atoms with E-state index in [0.29, 0.717) is 24.6 Å². The summed E-state index contributed by atoms with van der Waals surface area (Å²) in [5.41, 5.74) is 2.16. The monoisotopic (exact) mass is 453 g/mol. The third kappa shape index (κ3) is 8.35. The predicted octanol–water partition coefficient (Wildman–Crippen LogP) is 6.23. The lowest BCUT2D eigenvalue weighted by atomic mass is 10.1. The maximum absolute atomic E-state index is 10.6. The SMILES string of the molecule is O=C(O)CCCCNC[C@H](OCc1ccc(Oc2ccc(Cl)cc2)cc1)c1ccccc1. The van der Waals surface area contributed by atoms with Crippen LogP contribution in [0.3, 0.4) is 0 Å². The Morgan fingerprint density at radius 2 is 1.56 bits per heavy atom. The van der Waals surface area contributed by atoms with Crippen LogP contribution in [0.25, 0.3) is 0 Å². The van der Waals surface area contributed by atoms with Crippen molar-refractivity contribution >= 4 is 17.6 Å². The molecule has 0 radical (unpaired) electrons. The second-order valence-corrected chi connectivity index (χ2v) is 7.90. The molecule has 0 aromatic heterocycles. The second-order valence-electron chi connectivity index (χ2n) is 7.47. The zero-order valence-electron chi connectivity index (χ0n) is 17.9. The van der Waals surface area contributed by atoms with E-state index in [1.165, 1.54) is 0 Å². The van der Waals surface area contributed by atoms with Gasteiger partial charge in [0.1, 0.15) is 11.5 Å². The average Bonchev–Trinajstić information content (AvgIpc) is 2.81. The molecular formula is C26H28ClNO4. The van der Waals surface area contributed by atoms with Crippen molar-refractivity contribution in [2.24, 2.45) is 0 Å². The number of halogens is 1. The van der Waals surface area contributed by atoms with Crippen LogP contribution in [-0.4, -0.2) is 24.2 Å². The number of carboxylic acids is 1. The highest BCUT2D eigenvalue weighted by molar-refractivity contribution is 6.30. The molecule has 32 heavy (non-hydrogen) atoms. The number of aliphatic carboxylic acids is 1. The van der Waals surface area contributed by atoms with Gasteiger partial charge in [-0.15, -0.1) is 0 Å². The first-order valence-electron chi connectivity index (χ1n) is 10.7. The van der Waals surface area contributed by atoms with Gasteiger partial charge in [0.25, 0.3) is 0 Å². The summed E-state index contributed by atoms with van der Waals surface area (Å²) in [5.74, 6) is 0.732. The minimum atomic E-state index is -0.750. The minimum absolute atomic E-state index is 0.0966. The summed E-state index contributed by atoms with van der Waals surface area (Å²) in [4.78, 5) is 10.6. The largest absolute Gasteiger partial charge is 0.481 e. The zero-order chi connectivity index (χ0) is 22.6. The summed E-state index contributed by atoms with van der Waals surface area (Å²) in [6, 6.07) is 25.2. The summed E-state index contributed by atoms with van der Waals surface area (Å²) in [6.07, 6.45) is 1.60. The van der Waals surface area contributed by atoms with Gasteiger partial charge in [-0.3, -0.25) is 4.79 Å². The fourth-order valence-electron chi connectivity index (χ4n) is 3.19. The Morgan fingerprint density at radius 3 is 2.22 bits per heavy atom. The van der Waals surface area contributed by atoms with Crippen LogP contribution in [0.5, 0.6) is 11.5 Å². The fourth-order valence-corrected chi connectivity index (χ4v) is 3.32. The number of benzene rings is 3. The highest BCUT2D eigenvalue weighted by atomic mass is 35.5. The normalized spacial score (nSPS) is 11.8. The van der Waals surface area contributed by atoms with Gasteiger partial charge in [0.15, 0.2) is 0 Å². The van der Waals surface area contributed by atoms with Crippen molar-refractivity contribution < 1.29 is 19.4 Å². The van der Waals surface area contributed by atoms with Crippen molar-refractivity contribution in [3.05, 3.63) is 95.0 Å². The molecule has 0 spiro atoms. The molecule has 0 amide bonds. The van der Waals surface area contributed by atoms with Crippen molar-refractivity contribution in [1.82, 2.24) is 5.32 Å². The molecule has 5 nitrogen and oxygen atoms in total. The molecule has 0 unspecified atom stereocenters. The molecule has 168 valence electrons. The number of unbranched alkanes of at least 4 members (excludes halogenated alkanes) is 1. The Balaban J connectivity index is 1.51. The molecule has 2 N–H and O–H groups in total. The summed E-state index contributed by atoms with van der Waals surface area (Å²) >= 11 is 5.91. The smallest absolute Gasteiger partial charge is 0.303 e. The van der Waals surface area contributed by atoms with Gasteiger partial charge in [0.05, 0.1) is 12.7 Å². The van der Waals surface area contributed by atoms with E-state index < -0.39 is 5.97 Å². The van der Waals surface area contributed by atoms with Crippen molar-refractivity contribution in [2.75, 3.05) is 13.1 Å². The molecule has 0 aliphatic heterocycles. The van der Waals surface area contributed by atoms with E-state index in [1.54, 1.807) is 12.1 Å². The Labute approximate surface area is 194 Å². The Hall–Kier alpha value is -2.86. The third-order valence-corrected chi connectivity index (χ3v) is 5.17. The first-order chi connectivity index (χ1) is 15.6. The van der Waals surface area contributed by atoms with Crippen LogP contribution >= 0.6 is 11.6 Å². The van der Waals surface area contributed by atoms with Crippen LogP contribution in [0, 0.1) is 0 Å². The van der Waals surface area contributed by atoms with Gasteiger partial charge in [-0.1, -0.05) is 54.1 Å². The molecule has 3 rings (SSSR count). The van der Waals surface area contributed by atoms with E-state index in [4.69, 9.17) is 26.2 Å². The molecule has 0 aliphatic rings. The van der Waals surface area contributed by atoms with Gasteiger partial charge in [0, 0.05) is 18.0 Å². The van der Waals surface area contributed by atoms with Crippen LogP contribution in [0.2, 0.25) is 5.02 Å². The number of carboxylic acid groups (broad SMARTS) is 1. The summed E-state index contributed by atoms with van der Waals surface area (Å²) < 4.78 is 12.1. The topological polar surface area (TPSA) is 67.8 Å². The average molecular weight is 454 g/mol. The minimum Gasteiger partial charge on any atom is -0.481 e. The molecular weight excluding hydrogens is 426 g/mol. The highest BCUT2D eigenvalue weighted by Gasteiger charge is 2.12. The van der Waals surface area contributed by atoms with Crippen molar-refractivity contribution in [2.45, 2.75) is 32.0 Å². The first-order valence-corrected chi connectivity index (χ1v) is 11.1. The molecule has 0 saturated heterocycles. The van der Waals surface area contributed by atoms with Gasteiger partial charge < -0.3 is 19.9 Å². The first kappa shape index (κ1) is 23.8. The fraction of sp³-hybridized carbons (Fsp3) is 0.269. The Bertz CT molecular complexity index is 946. The van der Waals surface area contributed by atoms with Crippen LogP contribution in [0.15, 0.2) is 78.9 Å². The summed E-state index contributed by atoms with van der Waals surface area (Å²) in [6.45, 7) is 1.90. The van der Waals surface area contributed by atoms with Crippen LogP contribution in [-0.2, 0) is 16.1 Å². The van der Waals surface area contributed by atoms with E-state index >= 15 is 0 Å². The maximum atomic E-state index is 10.6. The molecule has 3 aromatic carbocycles. The van der Waals surface area contributed by atoms with Gasteiger partial charge >= 0.3 is 5.97 Å². The molecule has 1 atom stereocenters. The van der Waals surface area contributed by atoms with Gasteiger partial charge in [-0.05, 0) is 66.9 Å². The molecule has 3 aromatic rings. The van der Waals surface area contributed by atoms with Gasteiger partial charge in [0.2, 0.25) is 0 Å². The number of carbonyl (C=O) groups is 1. The molecule has 0 fully saturated rings. The van der Waals surface area contributed by atoms with Crippen LogP contribution in [0.1, 0.15) is 36.5 Å². The number of hydrogen-bond donors (Lipinski definition) is 2. The van der Waals surface area contributed by atoms with E-state index in [-0.39, 0.29) is 12.5 Å². The number of rotatable bonds is 13. The molecule has 0 saturated carbocycles. The molecule has 0 aliphatic carbocycles. The van der Waals surface area contributed by atoms with Crippen LogP contribution in [0.4, 0.5) is 0 Å². The lowest BCUT2D eigenvalue weighted by Crippen LogP contribution is -2.24. The van der Waals surface area contributed by atoms with Crippen molar-refractivity contribution in [3.8, 4) is 11.5 Å². The molecule has 0 heterocycles. The second kappa shape index (κ2) is 12.9. The Morgan fingerprint density at radius 1 is 0.906 bits per heavy atom. The van der Waals surface area contributed by atoms with E-state index in [2.05, 4.69) is 17.4 Å². The van der Waals surface area contributed by atoms with E-state index in [9.17, 15) is 4.79 Å². The number of hydrogen-bond acceptors (Lipinski definition) is 4. The summed E-state index contributed by atoms with van der Waals surface area (Å²) in [5, 5.41) is 12.8. The standard InChI is InChI=1S/C26H28ClNO4/c27-22-11-15-24(16-12-22)32-23-13-9-20(10-14-23)19-31-25(21-6-2-1-3-7-21)18-28-17-5-4-8-26(29)30/h1-3,6-7,9-16,25,28H,4-5,8,17-19H2,(H,29,30)/t25-/m0/s1. The summed E-state index contributed by atoms with van der Waals surface area (Å²) in [7, 11) is 0.